The Bertz CT molecular complexity index is 637. The number of carbonyl (C=O) groups is 2. The molecular weight excluding hydrogens is 380 g/mol. The molecule has 0 saturated heterocycles. The first kappa shape index (κ1) is 24.4. The highest BCUT2D eigenvalue weighted by Crippen LogP contribution is 2.32. The highest BCUT2D eigenvalue weighted by atomic mass is 16.5. The van der Waals surface area contributed by atoms with Gasteiger partial charge in [-0.1, -0.05) is 56.0 Å². The predicted octanol–water partition coefficient (Wildman–Crippen LogP) is 2.83. The van der Waals surface area contributed by atoms with Crippen molar-refractivity contribution in [3.63, 3.8) is 0 Å². The molecule has 1 fully saturated rings. The van der Waals surface area contributed by atoms with Crippen molar-refractivity contribution >= 4 is 11.9 Å². The van der Waals surface area contributed by atoms with Crippen LogP contribution < -0.4 is 10.6 Å². The average molecular weight is 419 g/mol. The van der Waals surface area contributed by atoms with E-state index in [2.05, 4.69) is 10.6 Å². The predicted molar refractivity (Wildman–Crippen MR) is 118 cm³/mol. The fourth-order valence-electron chi connectivity index (χ4n) is 4.35. The Morgan fingerprint density at radius 3 is 2.53 bits per heavy atom. The van der Waals surface area contributed by atoms with Crippen LogP contribution >= 0.6 is 0 Å². The van der Waals surface area contributed by atoms with Gasteiger partial charge in [-0.3, -0.25) is 4.79 Å². The molecule has 0 aromatic heterocycles. The molecule has 6 heteroatoms. The number of hydrogen-bond acceptors (Lipinski definition) is 5. The Morgan fingerprint density at radius 1 is 1.13 bits per heavy atom. The van der Waals surface area contributed by atoms with E-state index < -0.39 is 24.0 Å². The molecule has 4 atom stereocenters. The normalized spacial score (nSPS) is 22.3. The van der Waals surface area contributed by atoms with Gasteiger partial charge in [-0.05, 0) is 50.8 Å². The SMILES string of the molecule is CNCCCCCCC1CCC(C(=O)N[C@@H](Cc2ccccc2)C(=O)OC)C(O)C1. The summed E-state index contributed by atoms with van der Waals surface area (Å²) in [7, 11) is 3.30. The number of esters is 1. The van der Waals surface area contributed by atoms with E-state index in [-0.39, 0.29) is 5.91 Å². The summed E-state index contributed by atoms with van der Waals surface area (Å²) in [6.45, 7) is 1.07. The molecular formula is C24H38N2O4. The minimum atomic E-state index is -0.743. The molecule has 1 aliphatic rings. The molecule has 0 aliphatic heterocycles. The summed E-state index contributed by atoms with van der Waals surface area (Å²) in [5.74, 6) is -0.693. The molecule has 1 saturated carbocycles. The maximum atomic E-state index is 12.8. The van der Waals surface area contributed by atoms with Gasteiger partial charge in [0.1, 0.15) is 6.04 Å². The van der Waals surface area contributed by atoms with E-state index in [1.54, 1.807) is 0 Å². The number of carbonyl (C=O) groups excluding carboxylic acids is 2. The second kappa shape index (κ2) is 13.4. The molecule has 1 aromatic rings. The lowest BCUT2D eigenvalue weighted by molar-refractivity contribution is -0.146. The van der Waals surface area contributed by atoms with Crippen LogP contribution in [0.25, 0.3) is 0 Å². The van der Waals surface area contributed by atoms with Crippen LogP contribution in [0.3, 0.4) is 0 Å². The highest BCUT2D eigenvalue weighted by molar-refractivity contribution is 5.86. The fraction of sp³-hybridized carbons (Fsp3) is 0.667. The van der Waals surface area contributed by atoms with E-state index in [1.807, 2.05) is 37.4 Å². The van der Waals surface area contributed by atoms with Gasteiger partial charge in [-0.2, -0.15) is 0 Å². The molecule has 30 heavy (non-hydrogen) atoms. The zero-order valence-electron chi connectivity index (χ0n) is 18.4. The van der Waals surface area contributed by atoms with Crippen molar-refractivity contribution < 1.29 is 19.4 Å². The number of aliphatic hydroxyl groups excluding tert-OH is 1. The van der Waals surface area contributed by atoms with Crippen molar-refractivity contribution in [1.82, 2.24) is 10.6 Å². The molecule has 168 valence electrons. The minimum Gasteiger partial charge on any atom is -0.467 e. The van der Waals surface area contributed by atoms with Gasteiger partial charge < -0.3 is 20.5 Å². The molecule has 1 aliphatic carbocycles. The van der Waals surface area contributed by atoms with E-state index in [1.165, 1.54) is 32.8 Å². The molecule has 3 N–H and O–H groups in total. The lowest BCUT2D eigenvalue weighted by Gasteiger charge is -2.33. The number of aliphatic hydroxyl groups is 1. The monoisotopic (exact) mass is 418 g/mol. The van der Waals surface area contributed by atoms with E-state index in [0.29, 0.717) is 25.2 Å². The Labute approximate surface area is 180 Å². The van der Waals surface area contributed by atoms with E-state index >= 15 is 0 Å². The zero-order chi connectivity index (χ0) is 21.8. The minimum absolute atomic E-state index is 0.251. The number of benzene rings is 1. The van der Waals surface area contributed by atoms with Gasteiger partial charge in [0.15, 0.2) is 0 Å². The molecule has 0 bridgehead atoms. The third-order valence-corrected chi connectivity index (χ3v) is 6.14. The van der Waals surface area contributed by atoms with Crippen LogP contribution in [0.4, 0.5) is 0 Å². The van der Waals surface area contributed by atoms with Gasteiger partial charge in [-0.15, -0.1) is 0 Å². The van der Waals surface area contributed by atoms with E-state index in [9.17, 15) is 14.7 Å². The number of hydrogen-bond donors (Lipinski definition) is 3. The quantitative estimate of drug-likeness (QED) is 0.359. The summed E-state index contributed by atoms with van der Waals surface area (Å²) < 4.78 is 4.88. The van der Waals surface area contributed by atoms with Gasteiger partial charge in [0.05, 0.1) is 19.1 Å². The van der Waals surface area contributed by atoms with Crippen LogP contribution in [0.15, 0.2) is 30.3 Å². The summed E-state index contributed by atoms with van der Waals surface area (Å²) in [6.07, 6.45) is 7.96. The maximum Gasteiger partial charge on any atom is 0.328 e. The van der Waals surface area contributed by atoms with Crippen LogP contribution in [0.1, 0.15) is 56.9 Å². The third kappa shape index (κ3) is 8.07. The number of methoxy groups -OCH3 is 1. The number of rotatable bonds is 12. The molecule has 1 amide bonds. The first-order valence-corrected chi connectivity index (χ1v) is 11.3. The number of unbranched alkanes of at least 4 members (excludes halogenated alkanes) is 3. The first-order chi connectivity index (χ1) is 14.5. The van der Waals surface area contributed by atoms with E-state index in [0.717, 1.165) is 24.9 Å². The van der Waals surface area contributed by atoms with Gasteiger partial charge in [0.2, 0.25) is 5.91 Å². The average Bonchev–Trinajstić information content (AvgIpc) is 2.75. The molecule has 0 spiro atoms. The Morgan fingerprint density at radius 2 is 1.87 bits per heavy atom. The van der Waals surface area contributed by atoms with Crippen LogP contribution in [0.5, 0.6) is 0 Å². The second-order valence-corrected chi connectivity index (χ2v) is 8.43. The van der Waals surface area contributed by atoms with Crippen molar-refractivity contribution in [2.75, 3.05) is 20.7 Å². The topological polar surface area (TPSA) is 87.7 Å². The zero-order valence-corrected chi connectivity index (χ0v) is 18.4. The second-order valence-electron chi connectivity index (χ2n) is 8.43. The van der Waals surface area contributed by atoms with Crippen LogP contribution in [-0.4, -0.2) is 49.8 Å². The molecule has 6 nitrogen and oxygen atoms in total. The van der Waals surface area contributed by atoms with Crippen molar-refractivity contribution in [2.24, 2.45) is 11.8 Å². The summed E-state index contributed by atoms with van der Waals surface area (Å²) in [5.41, 5.74) is 0.951. The summed E-state index contributed by atoms with van der Waals surface area (Å²) in [5, 5.41) is 16.6. The van der Waals surface area contributed by atoms with Gasteiger partial charge >= 0.3 is 5.97 Å². The molecule has 0 radical (unpaired) electrons. The highest BCUT2D eigenvalue weighted by Gasteiger charge is 2.35. The standard InChI is InChI=1S/C24H38N2O4/c1-25-15-9-4-3-6-12-19-13-14-20(22(27)17-19)23(28)26-21(24(29)30-2)16-18-10-7-5-8-11-18/h5,7-8,10-11,19-22,25,27H,3-4,6,9,12-17H2,1-2H3,(H,26,28)/t19?,20?,21-,22?/m0/s1. The maximum absolute atomic E-state index is 12.8. The van der Waals surface area contributed by atoms with Crippen molar-refractivity contribution in [1.29, 1.82) is 0 Å². The third-order valence-electron chi connectivity index (χ3n) is 6.14. The Kier molecular flexibility index (Phi) is 10.9. The molecule has 2 rings (SSSR count). The first-order valence-electron chi connectivity index (χ1n) is 11.3. The number of nitrogens with one attached hydrogen (secondary N) is 2. The molecule has 0 heterocycles. The lowest BCUT2D eigenvalue weighted by Crippen LogP contribution is -2.49. The Balaban J connectivity index is 1.80. The van der Waals surface area contributed by atoms with Crippen molar-refractivity contribution in [3.05, 3.63) is 35.9 Å². The summed E-state index contributed by atoms with van der Waals surface area (Å²) >= 11 is 0. The summed E-state index contributed by atoms with van der Waals surface area (Å²) in [6, 6.07) is 8.80. The largest absolute Gasteiger partial charge is 0.467 e. The summed E-state index contributed by atoms with van der Waals surface area (Å²) in [4.78, 5) is 25.0. The van der Waals surface area contributed by atoms with Gasteiger partial charge in [0.25, 0.3) is 0 Å². The number of ether oxygens (including phenoxy) is 1. The van der Waals surface area contributed by atoms with Crippen LogP contribution in [0.2, 0.25) is 0 Å². The lowest BCUT2D eigenvalue weighted by atomic mass is 9.77. The van der Waals surface area contributed by atoms with Gasteiger partial charge in [0, 0.05) is 6.42 Å². The van der Waals surface area contributed by atoms with Crippen molar-refractivity contribution in [3.8, 4) is 0 Å². The van der Waals surface area contributed by atoms with Crippen LogP contribution in [0, 0.1) is 11.8 Å². The Hall–Kier alpha value is -1.92. The molecule has 1 aromatic carbocycles. The van der Waals surface area contributed by atoms with Crippen LogP contribution in [-0.2, 0) is 20.7 Å². The smallest absolute Gasteiger partial charge is 0.328 e. The fourth-order valence-corrected chi connectivity index (χ4v) is 4.35. The number of amides is 1. The van der Waals surface area contributed by atoms with Gasteiger partial charge in [-0.25, -0.2) is 4.79 Å². The van der Waals surface area contributed by atoms with Crippen molar-refractivity contribution in [2.45, 2.75) is 69.9 Å². The molecule has 3 unspecified atom stereocenters. The van der Waals surface area contributed by atoms with E-state index in [4.69, 9.17) is 4.74 Å².